The number of aromatic nitrogens is 4. The summed E-state index contributed by atoms with van der Waals surface area (Å²) >= 11 is 1.43. The van der Waals surface area contributed by atoms with Crippen LogP contribution in [-0.2, 0) is 34.3 Å². The number of nitrogens with zero attached hydrogens (tertiary/aromatic N) is 7. The molecular formula is C62H68F3N9O6S. The number of halogens is 3. The molecule has 2 N–H and O–H groups in total. The summed E-state index contributed by atoms with van der Waals surface area (Å²) in [5, 5.41) is 11.3. The molecule has 3 aliphatic heterocycles. The van der Waals surface area contributed by atoms with E-state index in [1.807, 2.05) is 113 Å². The van der Waals surface area contributed by atoms with E-state index in [2.05, 4.69) is 31.7 Å². The van der Waals surface area contributed by atoms with Crippen molar-refractivity contribution < 1.29 is 41.8 Å². The Morgan fingerprint density at radius 1 is 0.840 bits per heavy atom. The van der Waals surface area contributed by atoms with E-state index in [0.29, 0.717) is 84.8 Å². The monoisotopic (exact) mass is 1120 g/mol. The first kappa shape index (κ1) is 55.5. The third-order valence-electron chi connectivity index (χ3n) is 16.5. The summed E-state index contributed by atoms with van der Waals surface area (Å²) < 4.78 is 59.5. The number of benzene rings is 4. The fraction of sp³-hybridized carbons (Fsp3) is 0.435. The molecular weight excluding hydrogens is 1060 g/mol. The smallest absolute Gasteiger partial charge is 0.405 e. The van der Waals surface area contributed by atoms with Gasteiger partial charge in [-0.1, -0.05) is 60.6 Å². The van der Waals surface area contributed by atoms with Crippen molar-refractivity contribution in [3.05, 3.63) is 125 Å². The molecule has 0 bridgehead atoms. The molecule has 81 heavy (non-hydrogen) atoms. The van der Waals surface area contributed by atoms with Gasteiger partial charge in [0.1, 0.15) is 23.2 Å². The summed E-state index contributed by atoms with van der Waals surface area (Å²) in [6.07, 6.45) is 2.98. The molecule has 4 aliphatic rings. The lowest BCUT2D eigenvalue weighted by Crippen LogP contribution is -2.59. The summed E-state index contributed by atoms with van der Waals surface area (Å²) in [6, 6.07) is 27.2. The number of thiazole rings is 1. The number of rotatable bonds is 14. The highest BCUT2D eigenvalue weighted by Gasteiger charge is 2.46. The molecule has 1 saturated carbocycles. The molecule has 2 saturated heterocycles. The molecule has 3 amide bonds. The Kier molecular flexibility index (Phi) is 15.7. The normalized spacial score (nSPS) is 20.1. The minimum absolute atomic E-state index is 0.00832. The number of carbonyl (C=O) groups is 4. The van der Waals surface area contributed by atoms with Gasteiger partial charge in [-0.2, -0.15) is 18.3 Å². The highest BCUT2D eigenvalue weighted by molar-refractivity contribution is 7.22. The Morgan fingerprint density at radius 3 is 2.42 bits per heavy atom. The number of hydrogen-bond acceptors (Lipinski definition) is 13. The zero-order valence-electron chi connectivity index (χ0n) is 46.4. The number of fused-ring (bicyclic) bond motifs is 3. The number of aryl methyl sites for hydroxylation is 1. The first-order valence-electron chi connectivity index (χ1n) is 28.2. The van der Waals surface area contributed by atoms with E-state index in [4.69, 9.17) is 14.5 Å². The molecule has 3 fully saturated rings. The van der Waals surface area contributed by atoms with Gasteiger partial charge in [-0.25, -0.2) is 14.8 Å². The molecule has 0 radical (unpaired) electrons. The number of nitrogens with one attached hydrogen (secondary N) is 2. The second kappa shape index (κ2) is 22.9. The van der Waals surface area contributed by atoms with Crippen LogP contribution in [0.15, 0.2) is 91.0 Å². The third kappa shape index (κ3) is 12.2. The van der Waals surface area contributed by atoms with Gasteiger partial charge >= 0.3 is 12.1 Å². The number of anilines is 3. The summed E-state index contributed by atoms with van der Waals surface area (Å²) in [5.41, 5.74) is 7.07. The van der Waals surface area contributed by atoms with Crippen LogP contribution in [0.3, 0.4) is 0 Å². The topological polar surface area (TPSA) is 164 Å². The van der Waals surface area contributed by atoms with Crippen molar-refractivity contribution in [1.29, 1.82) is 0 Å². The Morgan fingerprint density at radius 2 is 1.64 bits per heavy atom. The number of unbranched alkanes of at least 4 members (excludes halogenated alkanes) is 1. The van der Waals surface area contributed by atoms with E-state index < -0.39 is 29.7 Å². The Labute approximate surface area is 473 Å². The predicted octanol–water partition coefficient (Wildman–Crippen LogP) is 11.7. The molecule has 3 aromatic heterocycles. The summed E-state index contributed by atoms with van der Waals surface area (Å²) in [5.74, 6) is -0.235. The van der Waals surface area contributed by atoms with Crippen molar-refractivity contribution in [1.82, 2.24) is 30.0 Å². The van der Waals surface area contributed by atoms with Crippen LogP contribution in [0.4, 0.5) is 29.8 Å². The highest BCUT2D eigenvalue weighted by atomic mass is 32.1. The van der Waals surface area contributed by atoms with Crippen molar-refractivity contribution in [3.63, 3.8) is 0 Å². The van der Waals surface area contributed by atoms with Crippen LogP contribution in [0.25, 0.3) is 32.2 Å². The number of esters is 1. The van der Waals surface area contributed by atoms with E-state index in [1.54, 1.807) is 21.5 Å². The van der Waals surface area contributed by atoms with Gasteiger partial charge in [0, 0.05) is 68.4 Å². The van der Waals surface area contributed by atoms with Crippen molar-refractivity contribution in [2.24, 2.45) is 13.0 Å². The minimum atomic E-state index is -4.40. The van der Waals surface area contributed by atoms with Crippen LogP contribution >= 0.6 is 11.3 Å². The minimum Gasteiger partial charge on any atom is -0.490 e. The van der Waals surface area contributed by atoms with Gasteiger partial charge in [0.25, 0.3) is 5.91 Å². The average molecular weight is 1120 g/mol. The maximum atomic E-state index is 14.7. The van der Waals surface area contributed by atoms with Gasteiger partial charge in [0.05, 0.1) is 33.4 Å². The number of piperazine rings is 1. The molecule has 1 aliphatic carbocycles. The Hall–Kier alpha value is -7.38. The summed E-state index contributed by atoms with van der Waals surface area (Å²) in [4.78, 5) is 67.5. The molecule has 1 unspecified atom stereocenters. The summed E-state index contributed by atoms with van der Waals surface area (Å²) in [7, 11) is 1.76. The van der Waals surface area contributed by atoms with Crippen molar-refractivity contribution in [3.8, 4) is 16.9 Å². The Balaban J connectivity index is 0.696. The standard InChI is InChI=1S/C62H68F3N9O6S/c1-37-42(43-25-27-53(67-56(43)59(78)80-61(2,3)4)74-31-29-39-13-10-15-44(47(39)35-74)57(76)69-60-66-48-16-6-7-18-51(48)81-60)14-11-17-50(37)79-41-22-19-38(20-23-41)12-8-9-30-72-32-33-73(36-52(72)62(63,64)65)40-21-24-45-49(34-40)71(5)70-55(45)46-26-28-54(75)68-58(46)77/h6-7,10-11,13-18,21,24-25,27,34,38,41,46,52H,8-9,12,19-20,22-23,26,28-33,35-36H2,1-5H3,(H,66,69,76)(H,68,75,77)/t38-,41-,46?,52-/m1/s1. The lowest BCUT2D eigenvalue weighted by molar-refractivity contribution is -0.184. The first-order chi connectivity index (χ1) is 38.8. The number of imide groups is 1. The second-order valence-electron chi connectivity index (χ2n) is 23.1. The van der Waals surface area contributed by atoms with Gasteiger partial charge in [-0.05, 0) is 162 Å². The fourth-order valence-corrected chi connectivity index (χ4v) is 13.1. The van der Waals surface area contributed by atoms with Gasteiger partial charge in [-0.3, -0.25) is 34.6 Å². The van der Waals surface area contributed by atoms with Crippen LogP contribution in [-0.4, -0.2) is 105 Å². The molecule has 2 atom stereocenters. The zero-order chi connectivity index (χ0) is 56.7. The second-order valence-corrected chi connectivity index (χ2v) is 24.1. The summed E-state index contributed by atoms with van der Waals surface area (Å²) in [6.45, 7) is 9.47. The molecule has 0 spiro atoms. The van der Waals surface area contributed by atoms with Crippen molar-refractivity contribution in [2.75, 3.05) is 47.8 Å². The van der Waals surface area contributed by atoms with Gasteiger partial charge in [0.15, 0.2) is 10.8 Å². The fourth-order valence-electron chi connectivity index (χ4n) is 12.2. The third-order valence-corrected chi connectivity index (χ3v) is 17.4. The lowest BCUT2D eigenvalue weighted by atomic mass is 9.84. The van der Waals surface area contributed by atoms with E-state index in [1.165, 1.54) is 11.3 Å². The number of amides is 3. The quantitative estimate of drug-likeness (QED) is 0.0603. The van der Waals surface area contributed by atoms with Gasteiger partial charge in [-0.15, -0.1) is 0 Å². The molecule has 11 rings (SSSR count). The van der Waals surface area contributed by atoms with Crippen LogP contribution in [0.1, 0.15) is 128 Å². The van der Waals surface area contributed by atoms with E-state index >= 15 is 0 Å². The van der Waals surface area contributed by atoms with Crippen LogP contribution in [0.2, 0.25) is 0 Å². The Bertz CT molecular complexity index is 3500. The van der Waals surface area contributed by atoms with Crippen LogP contribution < -0.4 is 25.2 Å². The average Bonchev–Trinajstić information content (AvgIpc) is 4.02. The van der Waals surface area contributed by atoms with Gasteiger partial charge in [0.2, 0.25) is 11.8 Å². The van der Waals surface area contributed by atoms with Crippen molar-refractivity contribution in [2.45, 2.75) is 128 Å². The zero-order valence-corrected chi connectivity index (χ0v) is 47.2. The largest absolute Gasteiger partial charge is 0.490 e. The highest BCUT2D eigenvalue weighted by Crippen LogP contribution is 2.39. The first-order valence-corrected chi connectivity index (χ1v) is 29.0. The van der Waals surface area contributed by atoms with Gasteiger partial charge < -0.3 is 19.3 Å². The van der Waals surface area contributed by atoms with E-state index in [9.17, 15) is 32.3 Å². The number of alkyl halides is 3. The SMILES string of the molecule is Cc1c(O[C@H]2CC[C@H](CCCCN3CCN(c4ccc5c(C6CCC(=O)NC6=O)nn(C)c5c4)C[C@@H]3C(F)(F)F)CC2)cccc1-c1ccc(N2CCc3cccc(C(=O)Nc4nc5ccccc5s4)c3C2)nc1C(=O)OC(C)(C)C. The number of pyridine rings is 1. The molecule has 7 aromatic rings. The van der Waals surface area contributed by atoms with Crippen LogP contribution in [0.5, 0.6) is 5.75 Å². The van der Waals surface area contributed by atoms with Crippen LogP contribution in [0, 0.1) is 12.8 Å². The number of para-hydroxylation sites is 1. The number of ether oxygens (including phenoxy) is 2. The lowest BCUT2D eigenvalue weighted by Gasteiger charge is -2.43. The number of piperidine rings is 1. The maximum Gasteiger partial charge on any atom is 0.405 e. The van der Waals surface area contributed by atoms with E-state index in [0.717, 1.165) is 87.6 Å². The predicted molar refractivity (Wildman–Crippen MR) is 308 cm³/mol. The maximum absolute atomic E-state index is 14.7. The molecule has 6 heterocycles. The number of hydrogen-bond donors (Lipinski definition) is 2. The molecule has 424 valence electrons. The van der Waals surface area contributed by atoms with E-state index in [-0.39, 0.29) is 49.0 Å². The molecule has 4 aromatic carbocycles. The van der Waals surface area contributed by atoms with Crippen molar-refractivity contribution >= 4 is 72.8 Å². The number of carbonyl (C=O) groups excluding carboxylic acids is 4. The molecule has 15 nitrogen and oxygen atoms in total. The molecule has 19 heteroatoms.